The summed E-state index contributed by atoms with van der Waals surface area (Å²) in [6.45, 7) is 1.95. The van der Waals surface area contributed by atoms with E-state index in [9.17, 15) is 14.4 Å². The van der Waals surface area contributed by atoms with Gasteiger partial charge in [0.1, 0.15) is 0 Å². The van der Waals surface area contributed by atoms with Gasteiger partial charge in [0.25, 0.3) is 5.91 Å². The topological polar surface area (TPSA) is 78.8 Å². The Morgan fingerprint density at radius 1 is 1.04 bits per heavy atom. The number of amides is 4. The van der Waals surface area contributed by atoms with Crippen LogP contribution in [0.15, 0.2) is 53.5 Å². The molecule has 1 aliphatic rings. The highest BCUT2D eigenvalue weighted by atomic mass is 35.5. The van der Waals surface area contributed by atoms with E-state index in [0.717, 1.165) is 10.5 Å². The number of nitrogens with one attached hydrogen (secondary N) is 1. The molecule has 126 valence electrons. The van der Waals surface area contributed by atoms with Crippen LogP contribution in [0.2, 0.25) is 5.02 Å². The summed E-state index contributed by atoms with van der Waals surface area (Å²) < 4.78 is 0. The number of benzene rings is 2. The third-order valence-electron chi connectivity index (χ3n) is 3.69. The van der Waals surface area contributed by atoms with Gasteiger partial charge in [0.15, 0.2) is 5.92 Å². The first-order chi connectivity index (χ1) is 12.0. The number of hydrogen-bond acceptors (Lipinski definition) is 4. The number of anilines is 1. The van der Waals surface area contributed by atoms with Crippen LogP contribution < -0.4 is 10.2 Å². The number of aliphatic imine (C=N–C) groups is 1. The van der Waals surface area contributed by atoms with Gasteiger partial charge in [-0.1, -0.05) is 29.3 Å². The fraction of sp³-hybridized carbons (Fsp3) is 0.111. The molecular weight excluding hydrogens is 342 g/mol. The largest absolute Gasteiger partial charge is 0.335 e. The molecule has 1 fully saturated rings. The fourth-order valence-electron chi connectivity index (χ4n) is 2.35. The number of carbonyl (C=O) groups excluding carboxylic acids is 3. The Balaban J connectivity index is 1.87. The van der Waals surface area contributed by atoms with Crippen LogP contribution in [0.25, 0.3) is 0 Å². The van der Waals surface area contributed by atoms with Gasteiger partial charge in [0.2, 0.25) is 5.91 Å². The minimum Gasteiger partial charge on any atom is -0.276 e. The predicted molar refractivity (Wildman–Crippen MR) is 95.3 cm³/mol. The zero-order chi connectivity index (χ0) is 18.0. The maximum Gasteiger partial charge on any atom is 0.335 e. The Bertz CT molecular complexity index is 860. The monoisotopic (exact) mass is 355 g/mol. The van der Waals surface area contributed by atoms with Crippen LogP contribution in [0.4, 0.5) is 16.2 Å². The molecule has 1 saturated heterocycles. The van der Waals surface area contributed by atoms with E-state index in [-0.39, 0.29) is 0 Å². The van der Waals surface area contributed by atoms with Crippen molar-refractivity contribution in [2.75, 3.05) is 4.90 Å². The first-order valence-corrected chi connectivity index (χ1v) is 7.89. The molecule has 25 heavy (non-hydrogen) atoms. The quantitative estimate of drug-likeness (QED) is 0.678. The normalized spacial score (nSPS) is 17.9. The molecule has 2 aromatic carbocycles. The number of rotatable bonds is 3. The highest BCUT2D eigenvalue weighted by Crippen LogP contribution is 2.22. The van der Waals surface area contributed by atoms with Crippen LogP contribution in [0.3, 0.4) is 0 Å². The summed E-state index contributed by atoms with van der Waals surface area (Å²) in [4.78, 5) is 41.8. The number of carbonyl (C=O) groups is 3. The van der Waals surface area contributed by atoms with Gasteiger partial charge in [-0.3, -0.25) is 19.9 Å². The number of imide groups is 2. The van der Waals surface area contributed by atoms with Crippen LogP contribution in [0.5, 0.6) is 0 Å². The van der Waals surface area contributed by atoms with E-state index in [0.29, 0.717) is 16.4 Å². The maximum absolute atomic E-state index is 12.6. The lowest BCUT2D eigenvalue weighted by molar-refractivity contribution is -0.131. The Labute approximate surface area is 149 Å². The average molecular weight is 356 g/mol. The number of halogens is 1. The van der Waals surface area contributed by atoms with Gasteiger partial charge in [-0.2, -0.15) is 0 Å². The second-order valence-corrected chi connectivity index (χ2v) is 5.97. The minimum atomic E-state index is -1.19. The number of hydrogen-bond donors (Lipinski definition) is 1. The third-order valence-corrected chi connectivity index (χ3v) is 3.95. The zero-order valence-corrected chi connectivity index (χ0v) is 14.0. The molecule has 3 rings (SSSR count). The van der Waals surface area contributed by atoms with Gasteiger partial charge in [0.05, 0.1) is 11.4 Å². The van der Waals surface area contributed by atoms with Gasteiger partial charge in [-0.15, -0.1) is 0 Å². The molecule has 7 heteroatoms. The lowest BCUT2D eigenvalue weighted by Gasteiger charge is -2.28. The van der Waals surface area contributed by atoms with Crippen molar-refractivity contribution in [2.45, 2.75) is 6.92 Å². The zero-order valence-electron chi connectivity index (χ0n) is 13.3. The summed E-state index contributed by atoms with van der Waals surface area (Å²) in [6, 6.07) is 12.7. The van der Waals surface area contributed by atoms with Crippen LogP contribution in [0, 0.1) is 12.8 Å². The number of urea groups is 1. The van der Waals surface area contributed by atoms with Crippen LogP contribution in [-0.2, 0) is 9.59 Å². The fourth-order valence-corrected chi connectivity index (χ4v) is 2.47. The second kappa shape index (κ2) is 6.86. The molecule has 1 atom stereocenters. The molecular formula is C18H14ClN3O3. The Morgan fingerprint density at radius 3 is 2.32 bits per heavy atom. The minimum absolute atomic E-state index is 0.327. The van der Waals surface area contributed by atoms with Crippen molar-refractivity contribution in [1.82, 2.24) is 5.32 Å². The molecule has 6 nitrogen and oxygen atoms in total. The Kier molecular flexibility index (Phi) is 4.63. The van der Waals surface area contributed by atoms with Crippen molar-refractivity contribution in [3.05, 3.63) is 59.1 Å². The second-order valence-electron chi connectivity index (χ2n) is 5.54. The van der Waals surface area contributed by atoms with Crippen molar-refractivity contribution < 1.29 is 14.4 Å². The summed E-state index contributed by atoms with van der Waals surface area (Å²) in [6.07, 6.45) is 1.25. The lowest BCUT2D eigenvalue weighted by Crippen LogP contribution is -2.58. The predicted octanol–water partition coefficient (Wildman–Crippen LogP) is 3.25. The average Bonchev–Trinajstić information content (AvgIpc) is 2.57. The van der Waals surface area contributed by atoms with Gasteiger partial charge < -0.3 is 0 Å². The van der Waals surface area contributed by atoms with E-state index in [4.69, 9.17) is 11.6 Å². The standard InChI is InChI=1S/C18H14ClN3O3/c1-11-2-6-13(7-3-11)20-10-15-16(23)21-18(25)22(17(15)24)14-8-4-12(19)5-9-14/h2-10,15H,1H3,(H,21,23,25)/t15-/m0/s1. The molecule has 0 aromatic heterocycles. The first kappa shape index (κ1) is 16.9. The van der Waals surface area contributed by atoms with Crippen molar-refractivity contribution in [3.8, 4) is 0 Å². The Morgan fingerprint density at radius 2 is 1.68 bits per heavy atom. The van der Waals surface area contributed by atoms with E-state index in [1.807, 2.05) is 19.1 Å². The maximum atomic E-state index is 12.6. The number of nitrogens with zero attached hydrogens (tertiary/aromatic N) is 2. The molecule has 4 amide bonds. The highest BCUT2D eigenvalue weighted by molar-refractivity contribution is 6.33. The van der Waals surface area contributed by atoms with E-state index >= 15 is 0 Å². The van der Waals surface area contributed by atoms with E-state index in [1.165, 1.54) is 18.3 Å². The molecule has 0 spiro atoms. The van der Waals surface area contributed by atoms with Crippen molar-refractivity contribution in [3.63, 3.8) is 0 Å². The van der Waals surface area contributed by atoms with E-state index < -0.39 is 23.8 Å². The van der Waals surface area contributed by atoms with Gasteiger partial charge >= 0.3 is 6.03 Å². The summed E-state index contributed by atoms with van der Waals surface area (Å²) in [5.41, 5.74) is 2.01. The van der Waals surface area contributed by atoms with E-state index in [1.54, 1.807) is 24.3 Å². The van der Waals surface area contributed by atoms with Gasteiger partial charge in [-0.05, 0) is 43.3 Å². The molecule has 0 radical (unpaired) electrons. The molecule has 1 aliphatic heterocycles. The highest BCUT2D eigenvalue weighted by Gasteiger charge is 2.40. The summed E-state index contributed by atoms with van der Waals surface area (Å²) >= 11 is 5.82. The van der Waals surface area contributed by atoms with Crippen LogP contribution in [0.1, 0.15) is 5.56 Å². The van der Waals surface area contributed by atoms with Gasteiger partial charge in [0, 0.05) is 11.2 Å². The van der Waals surface area contributed by atoms with Crippen LogP contribution >= 0.6 is 11.6 Å². The third kappa shape index (κ3) is 3.59. The lowest BCUT2D eigenvalue weighted by atomic mass is 10.1. The Hall–Kier alpha value is -2.99. The molecule has 0 saturated carbocycles. The first-order valence-electron chi connectivity index (χ1n) is 7.51. The van der Waals surface area contributed by atoms with Crippen molar-refractivity contribution >= 4 is 47.0 Å². The van der Waals surface area contributed by atoms with E-state index in [2.05, 4.69) is 10.3 Å². The summed E-state index contributed by atoms with van der Waals surface area (Å²) in [5.74, 6) is -2.54. The summed E-state index contributed by atoms with van der Waals surface area (Å²) in [5, 5.41) is 2.65. The molecule has 2 aromatic rings. The molecule has 0 aliphatic carbocycles. The molecule has 1 N–H and O–H groups in total. The van der Waals surface area contributed by atoms with Crippen molar-refractivity contribution in [2.24, 2.45) is 10.9 Å². The smallest absolute Gasteiger partial charge is 0.276 e. The molecule has 1 heterocycles. The number of aryl methyl sites for hydroxylation is 1. The number of barbiturate groups is 1. The van der Waals surface area contributed by atoms with Gasteiger partial charge in [-0.25, -0.2) is 9.69 Å². The summed E-state index contributed by atoms with van der Waals surface area (Å²) in [7, 11) is 0. The van der Waals surface area contributed by atoms with Crippen molar-refractivity contribution in [1.29, 1.82) is 0 Å². The molecule has 0 bridgehead atoms. The van der Waals surface area contributed by atoms with Crippen LogP contribution in [-0.4, -0.2) is 24.1 Å². The SMILES string of the molecule is Cc1ccc(N=C[C@H]2C(=O)NC(=O)N(c3ccc(Cl)cc3)C2=O)cc1. The molecule has 0 unspecified atom stereocenters.